The van der Waals surface area contributed by atoms with E-state index in [1.54, 1.807) is 18.2 Å². The van der Waals surface area contributed by atoms with Gasteiger partial charge in [0.05, 0.1) is 0 Å². The molecule has 0 spiro atoms. The Kier molecular flexibility index (Phi) is 2.68. The summed E-state index contributed by atoms with van der Waals surface area (Å²) in [4.78, 5) is 0. The van der Waals surface area contributed by atoms with Crippen LogP contribution < -0.4 is 0 Å². The minimum absolute atomic E-state index is 0.320. The van der Waals surface area contributed by atoms with E-state index in [-0.39, 0.29) is 5.82 Å². The summed E-state index contributed by atoms with van der Waals surface area (Å²) in [5.74, 6) is -0.320. The average Bonchev–Trinajstić information content (AvgIpc) is 2.41. The summed E-state index contributed by atoms with van der Waals surface area (Å²) in [7, 11) is 0. The van der Waals surface area contributed by atoms with E-state index in [2.05, 4.69) is 10.2 Å². The maximum Gasteiger partial charge on any atom is 0.159 e. The van der Waals surface area contributed by atoms with Crippen molar-refractivity contribution in [3.05, 3.63) is 59.5 Å². The predicted octanol–water partition coefficient (Wildman–Crippen LogP) is 4.09. The summed E-state index contributed by atoms with van der Waals surface area (Å²) in [6, 6.07) is 13.9. The van der Waals surface area contributed by atoms with Crippen molar-refractivity contribution in [3.8, 4) is 11.3 Å². The molecular weight excluding hydrogens is 251 g/mol. The van der Waals surface area contributed by atoms with Gasteiger partial charge in [0.2, 0.25) is 0 Å². The molecule has 2 nitrogen and oxygen atoms in total. The molecule has 0 unspecified atom stereocenters. The number of rotatable bonds is 1. The van der Waals surface area contributed by atoms with E-state index >= 15 is 0 Å². The lowest BCUT2D eigenvalue weighted by atomic mass is 10.0. The molecule has 88 valence electrons. The largest absolute Gasteiger partial charge is 0.206 e. The van der Waals surface area contributed by atoms with Crippen LogP contribution in [0.3, 0.4) is 0 Å². The zero-order chi connectivity index (χ0) is 12.5. The standard InChI is InChI=1S/C14H8ClFN2/c15-14-10-6-2-1-5-9(10)13(17-18-14)11-7-3-4-8-12(11)16/h1-8H. The first-order valence-electron chi connectivity index (χ1n) is 5.43. The second-order valence-corrected chi connectivity index (χ2v) is 4.22. The predicted molar refractivity (Wildman–Crippen MR) is 69.9 cm³/mol. The summed E-state index contributed by atoms with van der Waals surface area (Å²) in [5, 5.41) is 9.78. The van der Waals surface area contributed by atoms with Crippen LogP contribution >= 0.6 is 11.6 Å². The van der Waals surface area contributed by atoms with Crippen molar-refractivity contribution >= 4 is 22.4 Å². The molecule has 0 atom stereocenters. The van der Waals surface area contributed by atoms with Gasteiger partial charge in [-0.25, -0.2) is 4.39 Å². The van der Waals surface area contributed by atoms with E-state index < -0.39 is 0 Å². The first kappa shape index (κ1) is 11.1. The van der Waals surface area contributed by atoms with Crippen LogP contribution in [0.2, 0.25) is 5.15 Å². The van der Waals surface area contributed by atoms with Gasteiger partial charge in [-0.3, -0.25) is 0 Å². The Bertz CT molecular complexity index is 728. The smallest absolute Gasteiger partial charge is 0.159 e. The highest BCUT2D eigenvalue weighted by molar-refractivity contribution is 6.34. The average molecular weight is 259 g/mol. The molecule has 0 fully saturated rings. The van der Waals surface area contributed by atoms with Gasteiger partial charge in [-0.2, -0.15) is 0 Å². The van der Waals surface area contributed by atoms with Gasteiger partial charge in [-0.15, -0.1) is 10.2 Å². The number of benzene rings is 2. The second kappa shape index (κ2) is 4.35. The summed E-state index contributed by atoms with van der Waals surface area (Å²) >= 11 is 5.99. The highest BCUT2D eigenvalue weighted by atomic mass is 35.5. The van der Waals surface area contributed by atoms with E-state index in [9.17, 15) is 4.39 Å². The van der Waals surface area contributed by atoms with Crippen LogP contribution in [0.15, 0.2) is 48.5 Å². The maximum atomic E-state index is 13.8. The third kappa shape index (κ3) is 1.73. The van der Waals surface area contributed by atoms with Crippen molar-refractivity contribution in [1.29, 1.82) is 0 Å². The fourth-order valence-electron chi connectivity index (χ4n) is 1.92. The molecule has 0 aliphatic heterocycles. The van der Waals surface area contributed by atoms with Gasteiger partial charge in [0.15, 0.2) is 5.15 Å². The molecule has 0 aliphatic carbocycles. The third-order valence-electron chi connectivity index (χ3n) is 2.77. The molecule has 0 amide bonds. The SMILES string of the molecule is Fc1ccccc1-c1nnc(Cl)c2ccccc12. The van der Waals surface area contributed by atoms with Crippen LogP contribution in [-0.2, 0) is 0 Å². The van der Waals surface area contributed by atoms with Crippen LogP contribution in [0.1, 0.15) is 0 Å². The second-order valence-electron chi connectivity index (χ2n) is 3.86. The quantitative estimate of drug-likeness (QED) is 0.657. The van der Waals surface area contributed by atoms with Crippen LogP contribution in [0.5, 0.6) is 0 Å². The van der Waals surface area contributed by atoms with Crippen molar-refractivity contribution in [3.63, 3.8) is 0 Å². The van der Waals surface area contributed by atoms with Crippen molar-refractivity contribution in [2.45, 2.75) is 0 Å². The fraction of sp³-hybridized carbons (Fsp3) is 0. The Labute approximate surface area is 108 Å². The molecule has 0 saturated carbocycles. The zero-order valence-electron chi connectivity index (χ0n) is 9.27. The Morgan fingerprint density at radius 3 is 2.28 bits per heavy atom. The van der Waals surface area contributed by atoms with Gasteiger partial charge in [0.25, 0.3) is 0 Å². The molecule has 3 rings (SSSR count). The minimum atomic E-state index is -0.320. The zero-order valence-corrected chi connectivity index (χ0v) is 10.0. The van der Waals surface area contributed by atoms with Gasteiger partial charge >= 0.3 is 0 Å². The third-order valence-corrected chi connectivity index (χ3v) is 3.05. The van der Waals surface area contributed by atoms with E-state index in [4.69, 9.17) is 11.6 Å². The molecule has 0 saturated heterocycles. The topological polar surface area (TPSA) is 25.8 Å². The van der Waals surface area contributed by atoms with E-state index in [1.165, 1.54) is 6.07 Å². The minimum Gasteiger partial charge on any atom is -0.206 e. The molecule has 0 radical (unpaired) electrons. The Balaban J connectivity index is 2.38. The monoisotopic (exact) mass is 258 g/mol. The number of fused-ring (bicyclic) bond motifs is 1. The maximum absolute atomic E-state index is 13.8. The number of halogens is 2. The fourth-order valence-corrected chi connectivity index (χ4v) is 2.13. The lowest BCUT2D eigenvalue weighted by molar-refractivity contribution is 0.630. The Morgan fingerprint density at radius 2 is 1.50 bits per heavy atom. The molecule has 1 heterocycles. The van der Waals surface area contributed by atoms with Gasteiger partial charge in [0, 0.05) is 16.3 Å². The first-order valence-corrected chi connectivity index (χ1v) is 5.81. The van der Waals surface area contributed by atoms with Crippen LogP contribution in [0.4, 0.5) is 4.39 Å². The first-order chi connectivity index (χ1) is 8.77. The van der Waals surface area contributed by atoms with Gasteiger partial charge in [-0.1, -0.05) is 48.0 Å². The Hall–Kier alpha value is -2.00. The number of nitrogens with zero attached hydrogens (tertiary/aromatic N) is 2. The lowest BCUT2D eigenvalue weighted by Crippen LogP contribution is -1.93. The summed E-state index contributed by atoms with van der Waals surface area (Å²) in [6.07, 6.45) is 0. The van der Waals surface area contributed by atoms with Crippen LogP contribution in [0, 0.1) is 5.82 Å². The summed E-state index contributed by atoms with van der Waals surface area (Å²) in [5.41, 5.74) is 0.936. The van der Waals surface area contributed by atoms with Crippen LogP contribution in [0.25, 0.3) is 22.0 Å². The lowest BCUT2D eigenvalue weighted by Gasteiger charge is -2.06. The van der Waals surface area contributed by atoms with Crippen molar-refractivity contribution < 1.29 is 4.39 Å². The van der Waals surface area contributed by atoms with E-state index in [0.717, 1.165) is 10.8 Å². The van der Waals surface area contributed by atoms with Gasteiger partial charge in [-0.05, 0) is 12.1 Å². The molecular formula is C14H8ClFN2. The molecule has 0 bridgehead atoms. The van der Waals surface area contributed by atoms with Crippen molar-refractivity contribution in [1.82, 2.24) is 10.2 Å². The highest BCUT2D eigenvalue weighted by Crippen LogP contribution is 2.30. The van der Waals surface area contributed by atoms with Crippen LogP contribution in [-0.4, -0.2) is 10.2 Å². The number of hydrogen-bond acceptors (Lipinski definition) is 2. The summed E-state index contributed by atoms with van der Waals surface area (Å²) < 4.78 is 13.8. The normalized spacial score (nSPS) is 10.8. The number of aromatic nitrogens is 2. The number of hydrogen-bond donors (Lipinski definition) is 0. The molecule has 0 aliphatic rings. The molecule has 4 heteroatoms. The van der Waals surface area contributed by atoms with Gasteiger partial charge in [0.1, 0.15) is 11.5 Å². The van der Waals surface area contributed by atoms with Crippen molar-refractivity contribution in [2.75, 3.05) is 0 Å². The highest BCUT2D eigenvalue weighted by Gasteiger charge is 2.12. The molecule has 3 aromatic rings. The van der Waals surface area contributed by atoms with E-state index in [0.29, 0.717) is 16.4 Å². The Morgan fingerprint density at radius 1 is 0.833 bits per heavy atom. The molecule has 1 aromatic heterocycles. The molecule has 2 aromatic carbocycles. The summed E-state index contributed by atoms with van der Waals surface area (Å²) in [6.45, 7) is 0. The van der Waals surface area contributed by atoms with E-state index in [1.807, 2.05) is 24.3 Å². The molecule has 0 N–H and O–H groups in total. The molecule has 18 heavy (non-hydrogen) atoms. The van der Waals surface area contributed by atoms with Gasteiger partial charge < -0.3 is 0 Å². The van der Waals surface area contributed by atoms with Crippen molar-refractivity contribution in [2.24, 2.45) is 0 Å².